The Balaban J connectivity index is 2.17. The van der Waals surface area contributed by atoms with E-state index in [1.807, 2.05) is 18.2 Å². The molecule has 0 aliphatic carbocycles. The second-order valence-corrected chi connectivity index (χ2v) is 5.94. The molecule has 0 saturated heterocycles. The molecule has 1 atom stereocenters. The van der Waals surface area contributed by atoms with Crippen molar-refractivity contribution in [3.63, 3.8) is 0 Å². The molecule has 20 heavy (non-hydrogen) atoms. The van der Waals surface area contributed by atoms with Gasteiger partial charge in [-0.3, -0.25) is 0 Å². The Labute approximate surface area is 128 Å². The van der Waals surface area contributed by atoms with Gasteiger partial charge in [-0.1, -0.05) is 53.5 Å². The van der Waals surface area contributed by atoms with Crippen LogP contribution in [0.15, 0.2) is 46.9 Å². The van der Waals surface area contributed by atoms with Gasteiger partial charge in [-0.2, -0.15) is 0 Å². The van der Waals surface area contributed by atoms with Crippen LogP contribution >= 0.6 is 15.9 Å². The van der Waals surface area contributed by atoms with Gasteiger partial charge in [0.25, 0.3) is 0 Å². The third-order valence-electron chi connectivity index (χ3n) is 3.40. The van der Waals surface area contributed by atoms with E-state index in [4.69, 9.17) is 5.73 Å². The number of rotatable bonds is 5. The first-order valence-electron chi connectivity index (χ1n) is 6.90. The predicted octanol–water partition coefficient (Wildman–Crippen LogP) is 4.98. The molecule has 2 rings (SSSR count). The Bertz CT molecular complexity index is 545. The summed E-state index contributed by atoms with van der Waals surface area (Å²) in [5.74, 6) is -0.274. The van der Waals surface area contributed by atoms with E-state index in [0.717, 1.165) is 17.5 Å². The lowest BCUT2D eigenvalue weighted by atomic mass is 9.97. The van der Waals surface area contributed by atoms with Crippen molar-refractivity contribution in [1.29, 1.82) is 0 Å². The zero-order valence-corrected chi connectivity index (χ0v) is 13.2. The number of unbranched alkanes of at least 4 members (excludes halogenated alkanes) is 1. The highest BCUT2D eigenvalue weighted by Crippen LogP contribution is 2.24. The molecular weight excluding hydrogens is 317 g/mol. The monoisotopic (exact) mass is 335 g/mol. The Morgan fingerprint density at radius 2 is 1.80 bits per heavy atom. The molecule has 0 spiro atoms. The second-order valence-electron chi connectivity index (χ2n) is 5.03. The van der Waals surface area contributed by atoms with Crippen LogP contribution in [-0.4, -0.2) is 0 Å². The molecule has 0 amide bonds. The molecule has 3 heteroatoms. The Kier molecular flexibility index (Phi) is 5.32. The van der Waals surface area contributed by atoms with Crippen LogP contribution in [-0.2, 0) is 6.42 Å². The summed E-state index contributed by atoms with van der Waals surface area (Å²) in [6, 6.07) is 12.8. The van der Waals surface area contributed by atoms with Gasteiger partial charge in [0.2, 0.25) is 0 Å². The summed E-state index contributed by atoms with van der Waals surface area (Å²) in [4.78, 5) is 0. The highest BCUT2D eigenvalue weighted by atomic mass is 79.9. The number of hydrogen-bond donors (Lipinski definition) is 1. The fraction of sp³-hybridized carbons (Fsp3) is 0.294. The van der Waals surface area contributed by atoms with Crippen LogP contribution < -0.4 is 5.73 Å². The average Bonchev–Trinajstić information content (AvgIpc) is 2.44. The summed E-state index contributed by atoms with van der Waals surface area (Å²) in [5.41, 5.74) is 9.32. The van der Waals surface area contributed by atoms with Crippen LogP contribution in [0, 0.1) is 5.82 Å². The Morgan fingerprint density at radius 1 is 1.10 bits per heavy atom. The van der Waals surface area contributed by atoms with E-state index in [9.17, 15) is 4.39 Å². The van der Waals surface area contributed by atoms with E-state index < -0.39 is 0 Å². The molecule has 0 aromatic heterocycles. The number of nitrogens with two attached hydrogens (primary N) is 1. The highest BCUT2D eigenvalue weighted by molar-refractivity contribution is 9.10. The number of halogens is 2. The summed E-state index contributed by atoms with van der Waals surface area (Å²) in [6.45, 7) is 2.19. The number of benzene rings is 2. The minimum Gasteiger partial charge on any atom is -0.320 e. The number of aryl methyl sites for hydroxylation is 1. The van der Waals surface area contributed by atoms with Crippen molar-refractivity contribution in [3.8, 4) is 0 Å². The molecule has 2 aromatic carbocycles. The van der Waals surface area contributed by atoms with Gasteiger partial charge in [0.1, 0.15) is 5.82 Å². The van der Waals surface area contributed by atoms with Crippen molar-refractivity contribution >= 4 is 15.9 Å². The van der Waals surface area contributed by atoms with E-state index in [1.54, 1.807) is 0 Å². The van der Waals surface area contributed by atoms with E-state index in [-0.39, 0.29) is 11.9 Å². The van der Waals surface area contributed by atoms with Crippen LogP contribution in [0.1, 0.15) is 42.5 Å². The van der Waals surface area contributed by atoms with Gasteiger partial charge in [-0.15, -0.1) is 0 Å². The van der Waals surface area contributed by atoms with E-state index in [2.05, 4.69) is 35.0 Å². The topological polar surface area (TPSA) is 26.0 Å². The van der Waals surface area contributed by atoms with Gasteiger partial charge >= 0.3 is 0 Å². The van der Waals surface area contributed by atoms with Gasteiger partial charge in [0.05, 0.1) is 6.04 Å². The maximum atomic E-state index is 13.4. The summed E-state index contributed by atoms with van der Waals surface area (Å²) >= 11 is 3.30. The van der Waals surface area contributed by atoms with Crippen molar-refractivity contribution in [3.05, 3.63) is 69.4 Å². The van der Waals surface area contributed by atoms with Crippen molar-refractivity contribution < 1.29 is 4.39 Å². The average molecular weight is 336 g/mol. The molecule has 0 aliphatic heterocycles. The summed E-state index contributed by atoms with van der Waals surface area (Å²) in [6.07, 6.45) is 3.48. The molecule has 0 saturated carbocycles. The second kappa shape index (κ2) is 7.00. The van der Waals surface area contributed by atoms with Crippen molar-refractivity contribution in [1.82, 2.24) is 0 Å². The normalized spacial score (nSPS) is 12.4. The van der Waals surface area contributed by atoms with E-state index in [0.29, 0.717) is 4.47 Å². The Hall–Kier alpha value is -1.19. The Morgan fingerprint density at radius 3 is 2.40 bits per heavy atom. The van der Waals surface area contributed by atoms with Gasteiger partial charge < -0.3 is 5.73 Å². The van der Waals surface area contributed by atoms with Gasteiger partial charge in [0, 0.05) is 4.47 Å². The third kappa shape index (κ3) is 3.90. The number of hydrogen-bond acceptors (Lipinski definition) is 1. The first kappa shape index (κ1) is 15.2. The zero-order chi connectivity index (χ0) is 14.5. The molecule has 2 aromatic rings. The fourth-order valence-corrected chi connectivity index (χ4v) is 2.70. The van der Waals surface area contributed by atoms with Crippen molar-refractivity contribution in [2.45, 2.75) is 32.2 Å². The molecule has 0 fully saturated rings. The molecule has 106 valence electrons. The standard InChI is InChI=1S/C17H19BrFN/c1-2-3-4-12-5-7-13(8-6-12)17(20)14-9-15(18)11-16(19)10-14/h5-11,17H,2-4,20H2,1H3. The molecule has 0 bridgehead atoms. The minimum atomic E-state index is -0.303. The summed E-state index contributed by atoms with van der Waals surface area (Å²) in [7, 11) is 0. The fourth-order valence-electron chi connectivity index (χ4n) is 2.22. The van der Waals surface area contributed by atoms with Crippen LogP contribution in [0.3, 0.4) is 0 Å². The van der Waals surface area contributed by atoms with Crippen LogP contribution in [0.2, 0.25) is 0 Å². The first-order valence-corrected chi connectivity index (χ1v) is 7.70. The molecule has 0 heterocycles. The van der Waals surface area contributed by atoms with Crippen molar-refractivity contribution in [2.24, 2.45) is 5.73 Å². The largest absolute Gasteiger partial charge is 0.320 e. The van der Waals surface area contributed by atoms with Gasteiger partial charge in [0.15, 0.2) is 0 Å². The molecule has 0 radical (unpaired) electrons. The summed E-state index contributed by atoms with van der Waals surface area (Å²) < 4.78 is 14.1. The lowest BCUT2D eigenvalue weighted by molar-refractivity contribution is 0.622. The van der Waals surface area contributed by atoms with Crippen molar-refractivity contribution in [2.75, 3.05) is 0 Å². The zero-order valence-electron chi connectivity index (χ0n) is 11.6. The van der Waals surface area contributed by atoms with Crippen LogP contribution in [0.5, 0.6) is 0 Å². The highest BCUT2D eigenvalue weighted by Gasteiger charge is 2.10. The van der Waals surface area contributed by atoms with Gasteiger partial charge in [-0.25, -0.2) is 4.39 Å². The molecule has 2 N–H and O–H groups in total. The SMILES string of the molecule is CCCCc1ccc(C(N)c2cc(F)cc(Br)c2)cc1. The van der Waals surface area contributed by atoms with Crippen LogP contribution in [0.4, 0.5) is 4.39 Å². The van der Waals surface area contributed by atoms with Gasteiger partial charge in [-0.05, 0) is 47.7 Å². The predicted molar refractivity (Wildman–Crippen MR) is 85.2 cm³/mol. The summed E-state index contributed by atoms with van der Waals surface area (Å²) in [5, 5.41) is 0. The maximum absolute atomic E-state index is 13.4. The molecule has 1 nitrogen and oxygen atoms in total. The van der Waals surface area contributed by atoms with E-state index >= 15 is 0 Å². The lowest BCUT2D eigenvalue weighted by Gasteiger charge is -2.14. The minimum absolute atomic E-state index is 0.274. The van der Waals surface area contributed by atoms with Crippen LogP contribution in [0.25, 0.3) is 0 Å². The quantitative estimate of drug-likeness (QED) is 0.819. The molecular formula is C17H19BrFN. The molecule has 0 aliphatic rings. The first-order chi connectivity index (χ1) is 9.60. The maximum Gasteiger partial charge on any atom is 0.124 e. The molecule has 1 unspecified atom stereocenters. The lowest BCUT2D eigenvalue weighted by Crippen LogP contribution is -2.12. The smallest absolute Gasteiger partial charge is 0.124 e. The third-order valence-corrected chi connectivity index (χ3v) is 3.86. The van der Waals surface area contributed by atoms with E-state index in [1.165, 1.54) is 30.5 Å².